The van der Waals surface area contributed by atoms with Gasteiger partial charge >= 0.3 is 0 Å². The molecule has 0 saturated heterocycles. The normalized spacial score (nSPS) is 9.95. The molecule has 0 N–H and O–H groups in total. The molecular weight excluding hydrogens is 249 g/mol. The third-order valence-electron chi connectivity index (χ3n) is 2.80. The molecule has 2 aromatic carbocycles. The second-order valence-electron chi connectivity index (χ2n) is 4.13. The Kier molecular flexibility index (Phi) is 3.62. The highest BCUT2D eigenvalue weighted by molar-refractivity contribution is 5.66. The van der Waals surface area contributed by atoms with Crippen LogP contribution in [0.4, 0.5) is 13.2 Å². The Morgan fingerprint density at radius 1 is 0.895 bits per heavy atom. The number of benzene rings is 2. The first kappa shape index (κ1) is 13.2. The van der Waals surface area contributed by atoms with Crippen LogP contribution < -0.4 is 0 Å². The Bertz CT molecular complexity index is 691. The monoisotopic (exact) mass is 260 g/mol. The van der Waals surface area contributed by atoms with Gasteiger partial charge in [0, 0.05) is 16.7 Å². The molecule has 19 heavy (non-hydrogen) atoms. The molecule has 0 heterocycles. The summed E-state index contributed by atoms with van der Waals surface area (Å²) in [4.78, 5) is 0. The molecule has 0 aliphatic carbocycles. The molecule has 3 heteroatoms. The number of hydrogen-bond donors (Lipinski definition) is 0. The maximum absolute atomic E-state index is 13.9. The molecule has 0 bridgehead atoms. The first-order valence-corrected chi connectivity index (χ1v) is 5.72. The molecule has 0 aromatic heterocycles. The van der Waals surface area contributed by atoms with E-state index in [0.29, 0.717) is 5.56 Å². The van der Waals surface area contributed by atoms with Crippen LogP contribution in [0.1, 0.15) is 18.1 Å². The zero-order chi connectivity index (χ0) is 14.0. The number of halogens is 3. The summed E-state index contributed by atoms with van der Waals surface area (Å²) in [6.07, 6.45) is 0. The Morgan fingerprint density at radius 2 is 1.58 bits per heavy atom. The van der Waals surface area contributed by atoms with Crippen LogP contribution in [0.25, 0.3) is 11.1 Å². The Hall–Kier alpha value is -2.21. The van der Waals surface area contributed by atoms with E-state index in [2.05, 4.69) is 11.8 Å². The van der Waals surface area contributed by atoms with Gasteiger partial charge in [-0.15, -0.1) is 5.92 Å². The minimum atomic E-state index is -1.03. The summed E-state index contributed by atoms with van der Waals surface area (Å²) in [7, 11) is 0. The average Bonchev–Trinajstić information content (AvgIpc) is 2.38. The predicted molar refractivity (Wildman–Crippen MR) is 69.0 cm³/mol. The number of aryl methyl sites for hydroxylation is 1. The molecule has 0 unspecified atom stereocenters. The molecule has 0 aliphatic heterocycles. The van der Waals surface area contributed by atoms with E-state index in [0.717, 1.165) is 0 Å². The van der Waals surface area contributed by atoms with E-state index in [4.69, 9.17) is 0 Å². The van der Waals surface area contributed by atoms with Gasteiger partial charge in [0.25, 0.3) is 0 Å². The molecule has 0 fully saturated rings. The highest BCUT2D eigenvalue weighted by Gasteiger charge is 2.15. The van der Waals surface area contributed by atoms with Crippen LogP contribution in [-0.2, 0) is 0 Å². The summed E-state index contributed by atoms with van der Waals surface area (Å²) >= 11 is 0. The average molecular weight is 260 g/mol. The van der Waals surface area contributed by atoms with E-state index in [1.807, 2.05) is 0 Å². The van der Waals surface area contributed by atoms with Crippen molar-refractivity contribution in [2.45, 2.75) is 13.8 Å². The molecule has 0 spiro atoms. The maximum Gasteiger partial charge on any atom is 0.167 e. The third-order valence-corrected chi connectivity index (χ3v) is 2.80. The summed E-state index contributed by atoms with van der Waals surface area (Å²) in [5.74, 6) is 2.75. The largest absolute Gasteiger partial charge is 0.206 e. The van der Waals surface area contributed by atoms with Gasteiger partial charge in [0.15, 0.2) is 11.6 Å². The molecule has 96 valence electrons. The van der Waals surface area contributed by atoms with E-state index < -0.39 is 17.5 Å². The van der Waals surface area contributed by atoms with Gasteiger partial charge in [-0.05, 0) is 31.5 Å². The van der Waals surface area contributed by atoms with Crippen LogP contribution in [0, 0.1) is 36.2 Å². The van der Waals surface area contributed by atoms with Gasteiger partial charge in [-0.3, -0.25) is 0 Å². The van der Waals surface area contributed by atoms with Crippen molar-refractivity contribution in [3.05, 3.63) is 58.9 Å². The Morgan fingerprint density at radius 3 is 2.21 bits per heavy atom. The van der Waals surface area contributed by atoms with Gasteiger partial charge in [0.1, 0.15) is 5.82 Å². The van der Waals surface area contributed by atoms with Crippen molar-refractivity contribution in [3.63, 3.8) is 0 Å². The summed E-state index contributed by atoms with van der Waals surface area (Å²) < 4.78 is 41.2. The van der Waals surface area contributed by atoms with Crippen LogP contribution in [-0.4, -0.2) is 0 Å². The van der Waals surface area contributed by atoms with Crippen molar-refractivity contribution in [2.24, 2.45) is 0 Å². The predicted octanol–water partition coefficient (Wildman–Crippen LogP) is 4.45. The van der Waals surface area contributed by atoms with Gasteiger partial charge in [0.2, 0.25) is 0 Å². The lowest BCUT2D eigenvalue weighted by atomic mass is 10.0. The summed E-state index contributed by atoms with van der Waals surface area (Å²) in [5, 5.41) is 0. The zero-order valence-corrected chi connectivity index (χ0v) is 10.5. The molecular formula is C16H11F3. The van der Waals surface area contributed by atoms with Crippen molar-refractivity contribution in [3.8, 4) is 23.0 Å². The lowest BCUT2D eigenvalue weighted by molar-refractivity contribution is 0.504. The minimum Gasteiger partial charge on any atom is -0.206 e. The minimum absolute atomic E-state index is 0.0260. The Labute approximate surface area is 109 Å². The quantitative estimate of drug-likeness (QED) is 0.664. The molecule has 0 radical (unpaired) electrons. The van der Waals surface area contributed by atoms with E-state index in [-0.39, 0.29) is 16.7 Å². The van der Waals surface area contributed by atoms with Gasteiger partial charge in [-0.25, -0.2) is 13.2 Å². The van der Waals surface area contributed by atoms with E-state index in [1.54, 1.807) is 13.0 Å². The fourth-order valence-corrected chi connectivity index (χ4v) is 1.81. The van der Waals surface area contributed by atoms with Gasteiger partial charge in [-0.2, -0.15) is 0 Å². The van der Waals surface area contributed by atoms with Crippen LogP contribution in [0.3, 0.4) is 0 Å². The molecule has 0 nitrogen and oxygen atoms in total. The number of rotatable bonds is 1. The van der Waals surface area contributed by atoms with E-state index in [9.17, 15) is 13.2 Å². The zero-order valence-electron chi connectivity index (χ0n) is 10.5. The summed E-state index contributed by atoms with van der Waals surface area (Å²) in [6, 6.07) is 6.99. The van der Waals surface area contributed by atoms with E-state index in [1.165, 1.54) is 31.2 Å². The van der Waals surface area contributed by atoms with Gasteiger partial charge in [-0.1, -0.05) is 24.1 Å². The smallest absolute Gasteiger partial charge is 0.167 e. The topological polar surface area (TPSA) is 0 Å². The molecule has 0 aliphatic rings. The maximum atomic E-state index is 13.9. The van der Waals surface area contributed by atoms with Crippen molar-refractivity contribution in [2.75, 3.05) is 0 Å². The highest BCUT2D eigenvalue weighted by Crippen LogP contribution is 2.28. The van der Waals surface area contributed by atoms with Gasteiger partial charge < -0.3 is 0 Å². The Balaban J connectivity index is 2.59. The van der Waals surface area contributed by atoms with E-state index >= 15 is 0 Å². The van der Waals surface area contributed by atoms with Crippen LogP contribution in [0.2, 0.25) is 0 Å². The molecule has 0 saturated carbocycles. The standard InChI is InChI=1S/C16H11F3/c1-3-4-11-6-8-12(14(17)9-11)13-7-5-10(2)15(18)16(13)19/h5-9H,1-2H3. The molecule has 0 amide bonds. The molecule has 0 atom stereocenters. The van der Waals surface area contributed by atoms with Crippen molar-refractivity contribution < 1.29 is 13.2 Å². The van der Waals surface area contributed by atoms with Gasteiger partial charge in [0.05, 0.1) is 0 Å². The second kappa shape index (κ2) is 5.19. The number of hydrogen-bond acceptors (Lipinski definition) is 0. The van der Waals surface area contributed by atoms with Crippen LogP contribution >= 0.6 is 0 Å². The lowest BCUT2D eigenvalue weighted by Crippen LogP contribution is -1.95. The lowest BCUT2D eigenvalue weighted by Gasteiger charge is -2.07. The fourth-order valence-electron chi connectivity index (χ4n) is 1.81. The highest BCUT2D eigenvalue weighted by atomic mass is 19.2. The second-order valence-corrected chi connectivity index (χ2v) is 4.13. The molecule has 2 aromatic rings. The first-order chi connectivity index (χ1) is 9.04. The SMILES string of the molecule is CC#Cc1ccc(-c2ccc(C)c(F)c2F)c(F)c1. The summed E-state index contributed by atoms with van der Waals surface area (Å²) in [6.45, 7) is 3.10. The third kappa shape index (κ3) is 2.48. The van der Waals surface area contributed by atoms with Crippen LogP contribution in [0.5, 0.6) is 0 Å². The molecule has 2 rings (SSSR count). The van der Waals surface area contributed by atoms with Crippen molar-refractivity contribution in [1.29, 1.82) is 0 Å². The van der Waals surface area contributed by atoms with Crippen molar-refractivity contribution >= 4 is 0 Å². The first-order valence-electron chi connectivity index (χ1n) is 5.72. The fraction of sp³-hybridized carbons (Fsp3) is 0.125. The summed E-state index contributed by atoms with van der Waals surface area (Å²) in [5.41, 5.74) is 0.626. The van der Waals surface area contributed by atoms with Crippen LogP contribution in [0.15, 0.2) is 30.3 Å². The van der Waals surface area contributed by atoms with Crippen molar-refractivity contribution in [1.82, 2.24) is 0 Å².